The normalized spacial score (nSPS) is 13.0. The fourth-order valence-corrected chi connectivity index (χ4v) is 4.02. The van der Waals surface area contributed by atoms with Crippen LogP contribution in [-0.4, -0.2) is 29.1 Å². The molecule has 2 amide bonds. The summed E-state index contributed by atoms with van der Waals surface area (Å²) in [5.74, 6) is 0.109. The van der Waals surface area contributed by atoms with E-state index in [-0.39, 0.29) is 5.91 Å². The molecule has 2 aromatic heterocycles. The molecule has 4 rings (SSSR count). The van der Waals surface area contributed by atoms with Crippen molar-refractivity contribution in [1.82, 2.24) is 4.98 Å². The Balaban J connectivity index is 1.64. The Morgan fingerprint density at radius 3 is 2.69 bits per heavy atom. The second-order valence-corrected chi connectivity index (χ2v) is 7.11. The van der Waals surface area contributed by atoms with Crippen molar-refractivity contribution in [3.05, 3.63) is 54.4 Å². The first kappa shape index (κ1) is 16.3. The number of nitrogens with zero attached hydrogens (tertiary/aromatic N) is 2. The van der Waals surface area contributed by atoms with Gasteiger partial charge in [-0.15, -0.1) is 11.3 Å². The highest BCUT2D eigenvalue weighted by molar-refractivity contribution is 7.18. The number of anilines is 2. The van der Waals surface area contributed by atoms with Gasteiger partial charge in [-0.05, 0) is 41.5 Å². The topological polar surface area (TPSA) is 82.5 Å². The Kier molecular flexibility index (Phi) is 3.93. The zero-order valence-corrected chi connectivity index (χ0v) is 14.7. The number of carbonyl (C=O) groups excluding carboxylic acids is 1. The van der Waals surface area contributed by atoms with Crippen LogP contribution in [0.5, 0.6) is 0 Å². The SMILES string of the molecule is CN1C(=O)Cc2cc(-c3ccc(-c4cncc(NC(=O)O)c4)s3)ccc21. The number of carbonyl (C=O) groups is 2. The first-order valence-corrected chi connectivity index (χ1v) is 8.78. The average molecular weight is 365 g/mol. The fourth-order valence-electron chi connectivity index (χ4n) is 3.04. The van der Waals surface area contributed by atoms with E-state index in [1.165, 1.54) is 6.20 Å². The van der Waals surface area contributed by atoms with E-state index in [9.17, 15) is 9.59 Å². The molecule has 0 atom stereocenters. The lowest BCUT2D eigenvalue weighted by Gasteiger charge is -2.10. The molecule has 7 heteroatoms. The molecule has 0 unspecified atom stereocenters. The summed E-state index contributed by atoms with van der Waals surface area (Å²) >= 11 is 1.60. The zero-order valence-electron chi connectivity index (χ0n) is 13.9. The summed E-state index contributed by atoms with van der Waals surface area (Å²) in [7, 11) is 1.79. The van der Waals surface area contributed by atoms with Gasteiger partial charge in [-0.25, -0.2) is 4.79 Å². The van der Waals surface area contributed by atoms with E-state index in [2.05, 4.69) is 16.4 Å². The van der Waals surface area contributed by atoms with Gasteiger partial charge in [-0.1, -0.05) is 6.07 Å². The molecule has 1 aromatic carbocycles. The van der Waals surface area contributed by atoms with Crippen molar-refractivity contribution in [3.63, 3.8) is 0 Å². The van der Waals surface area contributed by atoms with Gasteiger partial charge in [0.15, 0.2) is 0 Å². The number of carboxylic acid groups (broad SMARTS) is 1. The lowest BCUT2D eigenvalue weighted by atomic mass is 10.1. The molecule has 0 fully saturated rings. The number of benzene rings is 1. The maximum atomic E-state index is 11.9. The maximum absolute atomic E-state index is 11.9. The summed E-state index contributed by atoms with van der Waals surface area (Å²) in [4.78, 5) is 30.5. The molecule has 6 nitrogen and oxygen atoms in total. The average Bonchev–Trinajstić information content (AvgIpc) is 3.20. The van der Waals surface area contributed by atoms with Crippen LogP contribution in [0.25, 0.3) is 20.9 Å². The molecule has 0 aliphatic carbocycles. The fraction of sp³-hybridized carbons (Fsp3) is 0.105. The lowest BCUT2D eigenvalue weighted by Crippen LogP contribution is -2.20. The summed E-state index contributed by atoms with van der Waals surface area (Å²) in [5, 5.41) is 11.1. The molecule has 2 N–H and O–H groups in total. The van der Waals surface area contributed by atoms with Crippen molar-refractivity contribution in [2.45, 2.75) is 6.42 Å². The summed E-state index contributed by atoms with van der Waals surface area (Å²) in [6, 6.07) is 11.8. The molecule has 3 heterocycles. The Bertz CT molecular complexity index is 1030. The van der Waals surface area contributed by atoms with Gasteiger partial charge in [0.25, 0.3) is 0 Å². The quantitative estimate of drug-likeness (QED) is 0.732. The van der Waals surface area contributed by atoms with Crippen molar-refractivity contribution in [3.8, 4) is 20.9 Å². The minimum atomic E-state index is -1.12. The van der Waals surface area contributed by atoms with Crippen LogP contribution in [0.4, 0.5) is 16.2 Å². The van der Waals surface area contributed by atoms with Crippen LogP contribution in [-0.2, 0) is 11.2 Å². The van der Waals surface area contributed by atoms with Crippen molar-refractivity contribution in [2.75, 3.05) is 17.3 Å². The van der Waals surface area contributed by atoms with Crippen LogP contribution in [0.2, 0.25) is 0 Å². The third kappa shape index (κ3) is 2.93. The second kappa shape index (κ2) is 6.27. The number of hydrogen-bond acceptors (Lipinski definition) is 4. The van der Waals surface area contributed by atoms with E-state index in [0.29, 0.717) is 12.1 Å². The van der Waals surface area contributed by atoms with Crippen LogP contribution in [0.1, 0.15) is 5.56 Å². The molecule has 0 saturated carbocycles. The van der Waals surface area contributed by atoms with Gasteiger partial charge < -0.3 is 10.0 Å². The monoisotopic (exact) mass is 365 g/mol. The van der Waals surface area contributed by atoms with Crippen LogP contribution >= 0.6 is 11.3 Å². The molecule has 3 aromatic rings. The van der Waals surface area contributed by atoms with Gasteiger partial charge in [-0.2, -0.15) is 0 Å². The largest absolute Gasteiger partial charge is 0.465 e. The Labute approximate surface area is 153 Å². The Morgan fingerprint density at radius 2 is 1.92 bits per heavy atom. The molecular weight excluding hydrogens is 350 g/mol. The van der Waals surface area contributed by atoms with E-state index in [0.717, 1.165) is 32.1 Å². The minimum absolute atomic E-state index is 0.109. The molecule has 1 aliphatic rings. The number of hydrogen-bond donors (Lipinski definition) is 2. The highest BCUT2D eigenvalue weighted by atomic mass is 32.1. The van der Waals surface area contributed by atoms with Crippen LogP contribution in [0.15, 0.2) is 48.8 Å². The number of pyridine rings is 1. The third-order valence-electron chi connectivity index (χ3n) is 4.32. The van der Waals surface area contributed by atoms with Gasteiger partial charge in [0, 0.05) is 34.2 Å². The molecule has 1 aliphatic heterocycles. The molecular formula is C19H15N3O3S. The van der Waals surface area contributed by atoms with E-state index in [4.69, 9.17) is 5.11 Å². The lowest BCUT2D eigenvalue weighted by molar-refractivity contribution is -0.117. The number of likely N-dealkylation sites (N-methyl/N-ethyl adjacent to an activating group) is 1. The summed E-state index contributed by atoms with van der Waals surface area (Å²) in [6.07, 6.45) is 2.50. The molecule has 0 bridgehead atoms. The van der Waals surface area contributed by atoms with Crippen LogP contribution in [0.3, 0.4) is 0 Å². The van der Waals surface area contributed by atoms with Gasteiger partial charge in [0.05, 0.1) is 18.3 Å². The van der Waals surface area contributed by atoms with Crippen LogP contribution < -0.4 is 10.2 Å². The number of aromatic nitrogens is 1. The maximum Gasteiger partial charge on any atom is 0.409 e. The highest BCUT2D eigenvalue weighted by Crippen LogP contribution is 2.38. The van der Waals surface area contributed by atoms with E-state index in [1.807, 2.05) is 24.3 Å². The predicted octanol–water partition coefficient (Wildman–Crippen LogP) is 4.09. The van der Waals surface area contributed by atoms with E-state index >= 15 is 0 Å². The third-order valence-corrected chi connectivity index (χ3v) is 5.50. The molecule has 0 radical (unpaired) electrons. The number of rotatable bonds is 3. The number of fused-ring (bicyclic) bond motifs is 1. The van der Waals surface area contributed by atoms with E-state index < -0.39 is 6.09 Å². The van der Waals surface area contributed by atoms with Gasteiger partial charge >= 0.3 is 6.09 Å². The summed E-state index contributed by atoms with van der Waals surface area (Å²) in [6.45, 7) is 0. The summed E-state index contributed by atoms with van der Waals surface area (Å²) < 4.78 is 0. The number of thiophene rings is 1. The van der Waals surface area contributed by atoms with Gasteiger partial charge in [0.1, 0.15) is 0 Å². The van der Waals surface area contributed by atoms with Crippen molar-refractivity contribution < 1.29 is 14.7 Å². The van der Waals surface area contributed by atoms with Crippen molar-refractivity contribution >= 4 is 34.7 Å². The predicted molar refractivity (Wildman–Crippen MR) is 102 cm³/mol. The van der Waals surface area contributed by atoms with Crippen molar-refractivity contribution in [2.24, 2.45) is 0 Å². The van der Waals surface area contributed by atoms with Gasteiger partial charge in [-0.3, -0.25) is 15.1 Å². The number of nitrogens with one attached hydrogen (secondary N) is 1. The second-order valence-electron chi connectivity index (χ2n) is 6.03. The first-order valence-electron chi connectivity index (χ1n) is 7.96. The number of amides is 2. The Morgan fingerprint density at radius 1 is 1.15 bits per heavy atom. The zero-order chi connectivity index (χ0) is 18.3. The van der Waals surface area contributed by atoms with E-state index in [1.54, 1.807) is 35.5 Å². The Hall–Kier alpha value is -3.19. The molecule has 0 spiro atoms. The standard InChI is InChI=1S/C19H15N3O3S/c1-22-15-3-2-11(6-12(15)8-18(22)23)16-4-5-17(26-16)13-7-14(10-20-9-13)21-19(24)25/h2-7,9-10,21H,8H2,1H3,(H,24,25). The van der Waals surface area contributed by atoms with Gasteiger partial charge in [0.2, 0.25) is 5.91 Å². The summed E-state index contributed by atoms with van der Waals surface area (Å²) in [5.41, 5.74) is 4.36. The van der Waals surface area contributed by atoms with Crippen molar-refractivity contribution in [1.29, 1.82) is 0 Å². The minimum Gasteiger partial charge on any atom is -0.465 e. The molecule has 26 heavy (non-hydrogen) atoms. The van der Waals surface area contributed by atoms with Crippen LogP contribution in [0, 0.1) is 0 Å². The molecule has 130 valence electrons. The molecule has 0 saturated heterocycles. The smallest absolute Gasteiger partial charge is 0.409 e. The highest BCUT2D eigenvalue weighted by Gasteiger charge is 2.24. The first-order chi connectivity index (χ1) is 12.5.